The Hall–Kier alpha value is -1.43. The van der Waals surface area contributed by atoms with Crippen LogP contribution in [0.1, 0.15) is 24.3 Å². The number of nitrogens with one attached hydrogen (secondary N) is 1. The van der Waals surface area contributed by atoms with Crippen molar-refractivity contribution in [2.75, 3.05) is 20.2 Å². The minimum Gasteiger partial charge on any atom is -0.368 e. The van der Waals surface area contributed by atoms with Crippen molar-refractivity contribution in [2.45, 2.75) is 25.4 Å². The van der Waals surface area contributed by atoms with E-state index < -0.39 is 5.60 Å². The highest BCUT2D eigenvalue weighted by Gasteiger charge is 2.39. The number of hydrogen-bond acceptors (Lipinski definition) is 5. The molecule has 2 aromatic rings. The highest BCUT2D eigenvalue weighted by molar-refractivity contribution is 5.85. The van der Waals surface area contributed by atoms with Gasteiger partial charge in [-0.1, -0.05) is 35.0 Å². The van der Waals surface area contributed by atoms with Crippen molar-refractivity contribution >= 4 is 12.4 Å². The Kier molecular flexibility index (Phi) is 4.98. The van der Waals surface area contributed by atoms with E-state index in [-0.39, 0.29) is 12.4 Å². The maximum atomic E-state index is 5.70. The molecule has 0 unspecified atom stereocenters. The van der Waals surface area contributed by atoms with Gasteiger partial charge < -0.3 is 14.6 Å². The fourth-order valence-electron chi connectivity index (χ4n) is 2.56. The van der Waals surface area contributed by atoms with Crippen LogP contribution in [0.5, 0.6) is 0 Å². The van der Waals surface area contributed by atoms with Gasteiger partial charge in [-0.05, 0) is 32.9 Å². The molecule has 1 N–H and O–H groups in total. The molecule has 1 aliphatic heterocycles. The number of nitrogens with zero attached hydrogens (tertiary/aromatic N) is 2. The van der Waals surface area contributed by atoms with E-state index in [4.69, 9.17) is 9.26 Å². The molecule has 6 heteroatoms. The minimum atomic E-state index is -0.443. The van der Waals surface area contributed by atoms with E-state index >= 15 is 0 Å². The first-order chi connectivity index (χ1) is 9.73. The second-order valence-corrected chi connectivity index (χ2v) is 5.24. The van der Waals surface area contributed by atoms with Gasteiger partial charge >= 0.3 is 0 Å². The van der Waals surface area contributed by atoms with Crippen molar-refractivity contribution in [3.05, 3.63) is 35.7 Å². The van der Waals surface area contributed by atoms with Crippen LogP contribution >= 0.6 is 12.4 Å². The van der Waals surface area contributed by atoms with E-state index in [1.54, 1.807) is 7.11 Å². The van der Waals surface area contributed by atoms with Crippen molar-refractivity contribution in [1.82, 2.24) is 15.5 Å². The lowest BCUT2D eigenvalue weighted by Gasteiger charge is -2.32. The Balaban J connectivity index is 0.00000161. The largest absolute Gasteiger partial charge is 0.368 e. The summed E-state index contributed by atoms with van der Waals surface area (Å²) in [6.07, 6.45) is 1.69. The highest BCUT2D eigenvalue weighted by atomic mass is 35.5. The number of piperidine rings is 1. The summed E-state index contributed by atoms with van der Waals surface area (Å²) in [7, 11) is 1.71. The van der Waals surface area contributed by atoms with Crippen LogP contribution in [0.15, 0.2) is 28.8 Å². The van der Waals surface area contributed by atoms with Crippen LogP contribution < -0.4 is 5.32 Å². The Bertz CT molecular complexity index is 577. The first kappa shape index (κ1) is 15.9. The van der Waals surface area contributed by atoms with E-state index in [0.717, 1.165) is 31.5 Å². The zero-order valence-electron chi connectivity index (χ0n) is 12.3. The number of ether oxygens (including phenoxy) is 1. The van der Waals surface area contributed by atoms with E-state index in [1.807, 2.05) is 24.3 Å². The highest BCUT2D eigenvalue weighted by Crippen LogP contribution is 2.34. The zero-order chi connectivity index (χ0) is 14.0. The molecule has 21 heavy (non-hydrogen) atoms. The smallest absolute Gasteiger partial charge is 0.259 e. The van der Waals surface area contributed by atoms with Crippen LogP contribution in [0.2, 0.25) is 0 Å². The normalized spacial score (nSPS) is 17.2. The average Bonchev–Trinajstić information content (AvgIpc) is 2.99. The molecule has 5 nitrogen and oxygen atoms in total. The quantitative estimate of drug-likeness (QED) is 0.944. The molecule has 3 rings (SSSR count). The van der Waals surface area contributed by atoms with Gasteiger partial charge in [-0.15, -0.1) is 12.4 Å². The molecule has 0 spiro atoms. The molecule has 1 aliphatic rings. The number of hydrogen-bond donors (Lipinski definition) is 1. The standard InChI is InChI=1S/C15H19N3O2.ClH/c1-11-3-5-12(6-4-11)13-17-14(20-18-13)15(19-2)7-9-16-10-8-15;/h3-6,16H,7-10H2,1-2H3;1H. The molecule has 1 aromatic heterocycles. The zero-order valence-corrected chi connectivity index (χ0v) is 13.1. The third-order valence-corrected chi connectivity index (χ3v) is 3.93. The second kappa shape index (κ2) is 6.56. The minimum absolute atomic E-state index is 0. The van der Waals surface area contributed by atoms with Gasteiger partial charge in [0.2, 0.25) is 5.82 Å². The lowest BCUT2D eigenvalue weighted by atomic mass is 9.92. The molecule has 1 aromatic carbocycles. The molecular weight excluding hydrogens is 290 g/mol. The number of methoxy groups -OCH3 is 1. The second-order valence-electron chi connectivity index (χ2n) is 5.24. The lowest BCUT2D eigenvalue weighted by molar-refractivity contribution is -0.0622. The van der Waals surface area contributed by atoms with Crippen molar-refractivity contribution in [1.29, 1.82) is 0 Å². The average molecular weight is 310 g/mol. The number of benzene rings is 1. The predicted octanol–water partition coefficient (Wildman–Crippen LogP) is 2.69. The molecule has 0 amide bonds. The van der Waals surface area contributed by atoms with Gasteiger partial charge in [-0.2, -0.15) is 4.98 Å². The van der Waals surface area contributed by atoms with Crippen LogP contribution in [-0.4, -0.2) is 30.3 Å². The summed E-state index contributed by atoms with van der Waals surface area (Å²) in [5, 5.41) is 7.42. The molecule has 114 valence electrons. The first-order valence-electron chi connectivity index (χ1n) is 6.91. The lowest BCUT2D eigenvalue weighted by Crippen LogP contribution is -2.41. The van der Waals surface area contributed by atoms with Gasteiger partial charge in [-0.25, -0.2) is 0 Å². The van der Waals surface area contributed by atoms with E-state index in [1.165, 1.54) is 5.56 Å². The molecule has 1 saturated heterocycles. The van der Waals surface area contributed by atoms with E-state index in [0.29, 0.717) is 11.7 Å². The van der Waals surface area contributed by atoms with Gasteiger partial charge in [-0.3, -0.25) is 0 Å². The topological polar surface area (TPSA) is 60.2 Å². The van der Waals surface area contributed by atoms with Crippen molar-refractivity contribution in [3.63, 3.8) is 0 Å². The van der Waals surface area contributed by atoms with Crippen molar-refractivity contribution < 1.29 is 9.26 Å². The van der Waals surface area contributed by atoms with Gasteiger partial charge in [0.25, 0.3) is 5.89 Å². The van der Waals surface area contributed by atoms with Gasteiger partial charge in [0.15, 0.2) is 0 Å². The number of halogens is 1. The van der Waals surface area contributed by atoms with Gasteiger partial charge in [0.05, 0.1) is 0 Å². The maximum absolute atomic E-state index is 5.70. The number of aryl methyl sites for hydroxylation is 1. The van der Waals surface area contributed by atoms with Gasteiger partial charge in [0, 0.05) is 12.7 Å². The summed E-state index contributed by atoms with van der Waals surface area (Å²) >= 11 is 0. The van der Waals surface area contributed by atoms with E-state index in [9.17, 15) is 0 Å². The summed E-state index contributed by atoms with van der Waals surface area (Å²) in [6, 6.07) is 8.10. The Morgan fingerprint density at radius 2 is 1.86 bits per heavy atom. The van der Waals surface area contributed by atoms with Crippen LogP contribution in [0, 0.1) is 6.92 Å². The fourth-order valence-corrected chi connectivity index (χ4v) is 2.56. The first-order valence-corrected chi connectivity index (χ1v) is 6.91. The number of rotatable bonds is 3. The molecule has 0 radical (unpaired) electrons. The Morgan fingerprint density at radius 3 is 2.48 bits per heavy atom. The monoisotopic (exact) mass is 309 g/mol. The van der Waals surface area contributed by atoms with E-state index in [2.05, 4.69) is 22.4 Å². The van der Waals surface area contributed by atoms with Crippen LogP contribution in [0.25, 0.3) is 11.4 Å². The molecule has 2 heterocycles. The van der Waals surface area contributed by atoms with Crippen LogP contribution in [-0.2, 0) is 10.3 Å². The Morgan fingerprint density at radius 1 is 1.19 bits per heavy atom. The molecule has 1 fully saturated rings. The summed E-state index contributed by atoms with van der Waals surface area (Å²) in [5.41, 5.74) is 1.73. The summed E-state index contributed by atoms with van der Waals surface area (Å²) in [5.74, 6) is 1.20. The molecule has 0 aliphatic carbocycles. The summed E-state index contributed by atoms with van der Waals surface area (Å²) in [6.45, 7) is 3.85. The third-order valence-electron chi connectivity index (χ3n) is 3.93. The van der Waals surface area contributed by atoms with Crippen molar-refractivity contribution in [2.24, 2.45) is 0 Å². The Labute approximate surface area is 130 Å². The molecular formula is C15H20ClN3O2. The number of aromatic nitrogens is 2. The maximum Gasteiger partial charge on any atom is 0.259 e. The SMILES string of the molecule is COC1(c2nc(-c3ccc(C)cc3)no2)CCNCC1.Cl. The van der Waals surface area contributed by atoms with Crippen molar-refractivity contribution in [3.8, 4) is 11.4 Å². The summed E-state index contributed by atoms with van der Waals surface area (Å²) < 4.78 is 11.2. The molecule has 0 bridgehead atoms. The molecule has 0 atom stereocenters. The van der Waals surface area contributed by atoms with Gasteiger partial charge in [0.1, 0.15) is 5.60 Å². The molecule has 0 saturated carbocycles. The fraction of sp³-hybridized carbons (Fsp3) is 0.467. The third kappa shape index (κ3) is 3.10. The summed E-state index contributed by atoms with van der Waals surface area (Å²) in [4.78, 5) is 4.55. The van der Waals surface area contributed by atoms with Crippen LogP contribution in [0.3, 0.4) is 0 Å². The predicted molar refractivity (Wildman–Crippen MR) is 82.5 cm³/mol. The van der Waals surface area contributed by atoms with Crippen LogP contribution in [0.4, 0.5) is 0 Å².